The molecular formula is C17H24N4O4S. The third kappa shape index (κ3) is 4.05. The van der Waals surface area contributed by atoms with Crippen LogP contribution in [0.4, 0.5) is 0 Å². The fourth-order valence-corrected chi connectivity index (χ4v) is 4.71. The van der Waals surface area contributed by atoms with Gasteiger partial charge in [0, 0.05) is 51.3 Å². The maximum absolute atomic E-state index is 12.9. The second-order valence-electron chi connectivity index (χ2n) is 6.60. The lowest BCUT2D eigenvalue weighted by molar-refractivity contribution is -0.129. The van der Waals surface area contributed by atoms with Crippen molar-refractivity contribution in [3.05, 3.63) is 29.8 Å². The van der Waals surface area contributed by atoms with E-state index in [1.54, 1.807) is 17.0 Å². The second kappa shape index (κ2) is 7.73. The Morgan fingerprint density at radius 2 is 1.92 bits per heavy atom. The first-order chi connectivity index (χ1) is 12.4. The first kappa shape index (κ1) is 18.8. The van der Waals surface area contributed by atoms with Crippen LogP contribution in [-0.4, -0.2) is 74.7 Å². The third-order valence-electron chi connectivity index (χ3n) is 4.81. The molecule has 0 saturated carbocycles. The van der Waals surface area contributed by atoms with Crippen molar-refractivity contribution < 1.29 is 18.0 Å². The van der Waals surface area contributed by atoms with Crippen LogP contribution in [0.2, 0.25) is 0 Å². The van der Waals surface area contributed by atoms with Gasteiger partial charge in [-0.15, -0.1) is 0 Å². The Hall–Kier alpha value is -1.97. The summed E-state index contributed by atoms with van der Waals surface area (Å²) in [6.45, 7) is 4.34. The van der Waals surface area contributed by atoms with Crippen molar-refractivity contribution in [1.82, 2.24) is 19.8 Å². The molecule has 2 aliphatic rings. The van der Waals surface area contributed by atoms with E-state index in [0.717, 1.165) is 19.5 Å². The monoisotopic (exact) mass is 380 g/mol. The van der Waals surface area contributed by atoms with Gasteiger partial charge in [0.2, 0.25) is 15.9 Å². The van der Waals surface area contributed by atoms with Crippen LogP contribution in [0.15, 0.2) is 29.2 Å². The topological polar surface area (TPSA) is 98.8 Å². The van der Waals surface area contributed by atoms with Crippen molar-refractivity contribution in [2.45, 2.75) is 24.3 Å². The highest BCUT2D eigenvalue weighted by atomic mass is 32.2. The minimum atomic E-state index is -3.69. The van der Waals surface area contributed by atoms with E-state index in [2.05, 4.69) is 10.6 Å². The van der Waals surface area contributed by atoms with Crippen LogP contribution in [0, 0.1) is 0 Å². The second-order valence-corrected chi connectivity index (χ2v) is 8.54. The van der Waals surface area contributed by atoms with E-state index >= 15 is 0 Å². The molecule has 2 heterocycles. The summed E-state index contributed by atoms with van der Waals surface area (Å²) in [5, 5.41) is 6.09. The fourth-order valence-electron chi connectivity index (χ4n) is 3.24. The molecule has 2 aliphatic heterocycles. The van der Waals surface area contributed by atoms with Crippen LogP contribution in [0.5, 0.6) is 0 Å². The first-order valence-electron chi connectivity index (χ1n) is 8.75. The minimum absolute atomic E-state index is 0.0536. The average Bonchev–Trinajstić information content (AvgIpc) is 3.15. The molecule has 1 aromatic rings. The Labute approximate surface area is 153 Å². The highest BCUT2D eigenvalue weighted by molar-refractivity contribution is 7.89. The summed E-state index contributed by atoms with van der Waals surface area (Å²) < 4.78 is 27.1. The number of piperazine rings is 1. The van der Waals surface area contributed by atoms with Crippen molar-refractivity contribution in [3.63, 3.8) is 0 Å². The number of amides is 2. The van der Waals surface area contributed by atoms with Crippen molar-refractivity contribution in [3.8, 4) is 0 Å². The molecule has 0 radical (unpaired) electrons. The smallest absolute Gasteiger partial charge is 0.251 e. The molecule has 8 nitrogen and oxygen atoms in total. The fraction of sp³-hybridized carbons (Fsp3) is 0.529. The summed E-state index contributed by atoms with van der Waals surface area (Å²) in [7, 11) is -3.69. The zero-order valence-electron chi connectivity index (χ0n) is 14.8. The Balaban J connectivity index is 1.72. The molecule has 26 heavy (non-hydrogen) atoms. The SMILES string of the molecule is CC(=O)N1CCN(S(=O)(=O)c2cccc(C(=O)NC3CCNC3)c2)CC1. The summed E-state index contributed by atoms with van der Waals surface area (Å²) in [5.41, 5.74) is 0.334. The van der Waals surface area contributed by atoms with Crippen LogP contribution < -0.4 is 10.6 Å². The van der Waals surface area contributed by atoms with E-state index in [4.69, 9.17) is 0 Å². The lowest BCUT2D eigenvalue weighted by Crippen LogP contribution is -2.49. The van der Waals surface area contributed by atoms with Crippen LogP contribution >= 0.6 is 0 Å². The number of carbonyl (C=O) groups excluding carboxylic acids is 2. The predicted molar refractivity (Wildman–Crippen MR) is 96.2 cm³/mol. The largest absolute Gasteiger partial charge is 0.348 e. The molecule has 9 heteroatoms. The number of hydrogen-bond acceptors (Lipinski definition) is 5. The number of sulfonamides is 1. The summed E-state index contributed by atoms with van der Waals surface area (Å²) in [6.07, 6.45) is 0.865. The lowest BCUT2D eigenvalue weighted by atomic mass is 10.2. The lowest BCUT2D eigenvalue weighted by Gasteiger charge is -2.33. The van der Waals surface area contributed by atoms with Gasteiger partial charge in [-0.1, -0.05) is 6.07 Å². The molecule has 0 aliphatic carbocycles. The third-order valence-corrected chi connectivity index (χ3v) is 6.71. The summed E-state index contributed by atoms with van der Waals surface area (Å²) in [5.74, 6) is -0.320. The molecule has 2 amide bonds. The number of carbonyl (C=O) groups is 2. The molecule has 1 unspecified atom stereocenters. The highest BCUT2D eigenvalue weighted by Gasteiger charge is 2.29. The number of rotatable bonds is 4. The van der Waals surface area contributed by atoms with Crippen molar-refractivity contribution in [2.75, 3.05) is 39.3 Å². The minimum Gasteiger partial charge on any atom is -0.348 e. The summed E-state index contributed by atoms with van der Waals surface area (Å²) in [6, 6.07) is 6.19. The van der Waals surface area contributed by atoms with Crippen molar-refractivity contribution >= 4 is 21.8 Å². The number of hydrogen-bond donors (Lipinski definition) is 2. The first-order valence-corrected chi connectivity index (χ1v) is 10.2. The quantitative estimate of drug-likeness (QED) is 0.743. The molecule has 142 valence electrons. The number of nitrogens with one attached hydrogen (secondary N) is 2. The van der Waals surface area contributed by atoms with Crippen LogP contribution in [-0.2, 0) is 14.8 Å². The Morgan fingerprint density at radius 1 is 1.19 bits per heavy atom. The predicted octanol–water partition coefficient (Wildman–Crippen LogP) is -0.369. The van der Waals surface area contributed by atoms with Gasteiger partial charge in [-0.3, -0.25) is 9.59 Å². The zero-order valence-corrected chi connectivity index (χ0v) is 15.6. The summed E-state index contributed by atoms with van der Waals surface area (Å²) >= 11 is 0. The van der Waals surface area contributed by atoms with Gasteiger partial charge in [0.15, 0.2) is 0 Å². The van der Waals surface area contributed by atoms with E-state index in [9.17, 15) is 18.0 Å². The van der Waals surface area contributed by atoms with Gasteiger partial charge in [-0.05, 0) is 31.2 Å². The maximum atomic E-state index is 12.9. The van der Waals surface area contributed by atoms with Gasteiger partial charge in [-0.25, -0.2) is 8.42 Å². The van der Waals surface area contributed by atoms with Gasteiger partial charge >= 0.3 is 0 Å². The van der Waals surface area contributed by atoms with Crippen LogP contribution in [0.25, 0.3) is 0 Å². The number of nitrogens with zero attached hydrogens (tertiary/aromatic N) is 2. The van der Waals surface area contributed by atoms with Gasteiger partial charge < -0.3 is 15.5 Å². The normalized spacial score (nSPS) is 21.6. The van der Waals surface area contributed by atoms with Gasteiger partial charge in [0.1, 0.15) is 0 Å². The van der Waals surface area contributed by atoms with E-state index in [-0.39, 0.29) is 35.8 Å². The molecule has 2 N–H and O–H groups in total. The standard InChI is InChI=1S/C17H24N4O4S/c1-13(22)20-7-9-21(10-8-20)26(24,25)16-4-2-3-14(11-16)17(23)19-15-5-6-18-12-15/h2-4,11,15,18H,5-10,12H2,1H3,(H,19,23). The zero-order chi connectivity index (χ0) is 18.7. The molecule has 0 spiro atoms. The van der Waals surface area contributed by atoms with E-state index in [1.807, 2.05) is 0 Å². The van der Waals surface area contributed by atoms with Crippen molar-refractivity contribution in [1.29, 1.82) is 0 Å². The Morgan fingerprint density at radius 3 is 2.54 bits per heavy atom. The summed E-state index contributed by atoms with van der Waals surface area (Å²) in [4.78, 5) is 25.5. The molecule has 0 aromatic heterocycles. The molecule has 2 saturated heterocycles. The van der Waals surface area contributed by atoms with E-state index in [1.165, 1.54) is 23.4 Å². The highest BCUT2D eigenvalue weighted by Crippen LogP contribution is 2.19. The molecular weight excluding hydrogens is 356 g/mol. The maximum Gasteiger partial charge on any atom is 0.251 e. The molecule has 2 fully saturated rings. The molecule has 3 rings (SSSR count). The molecule has 1 atom stereocenters. The van der Waals surface area contributed by atoms with E-state index < -0.39 is 10.0 Å². The van der Waals surface area contributed by atoms with Crippen LogP contribution in [0.3, 0.4) is 0 Å². The average molecular weight is 380 g/mol. The van der Waals surface area contributed by atoms with Crippen LogP contribution in [0.1, 0.15) is 23.7 Å². The molecule has 0 bridgehead atoms. The van der Waals surface area contributed by atoms with Gasteiger partial charge in [0.25, 0.3) is 5.91 Å². The van der Waals surface area contributed by atoms with E-state index in [0.29, 0.717) is 18.7 Å². The number of benzene rings is 1. The molecule has 1 aromatic carbocycles. The Kier molecular flexibility index (Phi) is 5.59. The Bertz CT molecular complexity index is 782. The van der Waals surface area contributed by atoms with Crippen molar-refractivity contribution in [2.24, 2.45) is 0 Å². The van der Waals surface area contributed by atoms with Gasteiger partial charge in [0.05, 0.1) is 4.90 Å². The van der Waals surface area contributed by atoms with Gasteiger partial charge in [-0.2, -0.15) is 4.31 Å².